The SMILES string of the molecule is CC.Fc1ccc(N=Cc2ccc(C=Nc3ccc(Cl)cc3)o2)cc1. The zero-order valence-electron chi connectivity index (χ0n) is 14.0. The summed E-state index contributed by atoms with van der Waals surface area (Å²) in [5.74, 6) is 0.912. The topological polar surface area (TPSA) is 37.9 Å². The van der Waals surface area contributed by atoms with E-state index in [-0.39, 0.29) is 5.82 Å². The highest BCUT2D eigenvalue weighted by Crippen LogP contribution is 2.17. The second-order valence-electron chi connectivity index (χ2n) is 4.71. The van der Waals surface area contributed by atoms with Crippen molar-refractivity contribution in [3.05, 3.63) is 83.0 Å². The van der Waals surface area contributed by atoms with Crippen LogP contribution in [0.15, 0.2) is 75.1 Å². The van der Waals surface area contributed by atoms with Crippen molar-refractivity contribution in [1.29, 1.82) is 0 Å². The number of rotatable bonds is 4. The first-order valence-electron chi connectivity index (χ1n) is 7.88. The molecule has 2 aromatic carbocycles. The molecule has 3 aromatic rings. The predicted octanol–water partition coefficient (Wildman–Crippen LogP) is 6.60. The molecule has 0 spiro atoms. The lowest BCUT2D eigenvalue weighted by molar-refractivity contribution is 0.553. The van der Waals surface area contributed by atoms with Crippen molar-refractivity contribution in [1.82, 2.24) is 0 Å². The minimum atomic E-state index is -0.289. The Morgan fingerprint density at radius 1 is 0.760 bits per heavy atom. The molecule has 0 saturated heterocycles. The van der Waals surface area contributed by atoms with Gasteiger partial charge in [0.2, 0.25) is 0 Å². The summed E-state index contributed by atoms with van der Waals surface area (Å²) >= 11 is 5.82. The highest BCUT2D eigenvalue weighted by atomic mass is 35.5. The molecule has 0 amide bonds. The molecule has 0 aliphatic rings. The second-order valence-corrected chi connectivity index (χ2v) is 5.15. The van der Waals surface area contributed by atoms with Gasteiger partial charge in [-0.05, 0) is 60.7 Å². The van der Waals surface area contributed by atoms with Gasteiger partial charge in [0.1, 0.15) is 17.3 Å². The van der Waals surface area contributed by atoms with E-state index in [1.165, 1.54) is 12.1 Å². The normalized spacial score (nSPS) is 10.9. The molecule has 1 aromatic heterocycles. The second kappa shape index (κ2) is 9.55. The monoisotopic (exact) mass is 356 g/mol. The number of furan rings is 1. The molecule has 0 atom stereocenters. The lowest BCUT2D eigenvalue weighted by Crippen LogP contribution is -1.77. The van der Waals surface area contributed by atoms with E-state index in [1.807, 2.05) is 26.0 Å². The Bertz CT molecular complexity index is 767. The molecule has 0 unspecified atom stereocenters. The Labute approximate surface area is 151 Å². The minimum Gasteiger partial charge on any atom is -0.454 e. The summed E-state index contributed by atoms with van der Waals surface area (Å²) in [5, 5.41) is 0.668. The number of hydrogen-bond acceptors (Lipinski definition) is 3. The quantitative estimate of drug-likeness (QED) is 0.485. The molecule has 5 heteroatoms. The fourth-order valence-electron chi connectivity index (χ4n) is 1.84. The van der Waals surface area contributed by atoms with Gasteiger partial charge in [-0.15, -0.1) is 0 Å². The maximum absolute atomic E-state index is 12.8. The largest absolute Gasteiger partial charge is 0.454 e. The molecule has 3 nitrogen and oxygen atoms in total. The Balaban J connectivity index is 0.00000109. The van der Waals surface area contributed by atoms with Crippen LogP contribution in [0.3, 0.4) is 0 Å². The highest BCUT2D eigenvalue weighted by molar-refractivity contribution is 6.30. The highest BCUT2D eigenvalue weighted by Gasteiger charge is 1.98. The van der Waals surface area contributed by atoms with Gasteiger partial charge in [-0.25, -0.2) is 4.39 Å². The van der Waals surface area contributed by atoms with E-state index in [0.717, 1.165) is 5.69 Å². The van der Waals surface area contributed by atoms with E-state index in [9.17, 15) is 4.39 Å². The average molecular weight is 357 g/mol. The molecule has 1 heterocycles. The first kappa shape index (κ1) is 18.6. The van der Waals surface area contributed by atoms with Crippen LogP contribution in [0.2, 0.25) is 5.02 Å². The molecule has 0 saturated carbocycles. The van der Waals surface area contributed by atoms with Gasteiger partial charge < -0.3 is 4.42 Å². The minimum absolute atomic E-state index is 0.289. The third-order valence-corrected chi connectivity index (χ3v) is 3.23. The van der Waals surface area contributed by atoms with Gasteiger partial charge in [-0.3, -0.25) is 9.98 Å². The van der Waals surface area contributed by atoms with E-state index < -0.39 is 0 Å². The van der Waals surface area contributed by atoms with E-state index in [1.54, 1.807) is 48.8 Å². The Hall–Kier alpha value is -2.72. The lowest BCUT2D eigenvalue weighted by Gasteiger charge is -1.93. The molecule has 0 aliphatic carbocycles. The van der Waals surface area contributed by atoms with Crippen molar-refractivity contribution in [2.75, 3.05) is 0 Å². The maximum atomic E-state index is 12.8. The third-order valence-electron chi connectivity index (χ3n) is 2.98. The number of aliphatic imine (C=N–C) groups is 2. The summed E-state index contributed by atoms with van der Waals surface area (Å²) in [5.41, 5.74) is 1.44. The smallest absolute Gasteiger partial charge is 0.145 e. The van der Waals surface area contributed by atoms with E-state index >= 15 is 0 Å². The lowest BCUT2D eigenvalue weighted by atomic mass is 10.3. The zero-order valence-corrected chi connectivity index (χ0v) is 14.7. The van der Waals surface area contributed by atoms with Crippen LogP contribution in [0.4, 0.5) is 15.8 Å². The van der Waals surface area contributed by atoms with E-state index in [0.29, 0.717) is 22.2 Å². The van der Waals surface area contributed by atoms with Crippen molar-refractivity contribution in [3.63, 3.8) is 0 Å². The van der Waals surface area contributed by atoms with Gasteiger partial charge in [0.15, 0.2) is 0 Å². The summed E-state index contributed by atoms with van der Waals surface area (Å²) in [4.78, 5) is 8.51. The van der Waals surface area contributed by atoms with E-state index in [2.05, 4.69) is 9.98 Å². The van der Waals surface area contributed by atoms with Gasteiger partial charge in [0, 0.05) is 5.02 Å². The summed E-state index contributed by atoms with van der Waals surface area (Å²) < 4.78 is 18.4. The van der Waals surface area contributed by atoms with Gasteiger partial charge in [0.25, 0.3) is 0 Å². The van der Waals surface area contributed by atoms with Crippen LogP contribution in [0, 0.1) is 5.82 Å². The Kier molecular flexibility index (Phi) is 7.11. The summed E-state index contributed by atoms with van der Waals surface area (Å²) in [6, 6.07) is 16.7. The number of hydrogen-bond donors (Lipinski definition) is 0. The van der Waals surface area contributed by atoms with E-state index in [4.69, 9.17) is 16.0 Å². The molecule has 0 radical (unpaired) electrons. The summed E-state index contributed by atoms with van der Waals surface area (Å²) in [7, 11) is 0. The zero-order chi connectivity index (χ0) is 18.1. The van der Waals surface area contributed by atoms with Crippen LogP contribution >= 0.6 is 11.6 Å². The Morgan fingerprint density at radius 2 is 1.20 bits per heavy atom. The number of halogens is 2. The van der Waals surface area contributed by atoms with Crippen LogP contribution in [-0.2, 0) is 0 Å². The molecule has 25 heavy (non-hydrogen) atoms. The molecule has 3 rings (SSSR count). The van der Waals surface area contributed by atoms with Crippen molar-refractivity contribution < 1.29 is 8.81 Å². The first-order valence-corrected chi connectivity index (χ1v) is 8.26. The molecular formula is C20H18ClFN2O. The standard InChI is InChI=1S/C18H12ClFN2O.C2H6/c19-13-1-5-15(6-2-13)21-11-17-9-10-18(23-17)12-22-16-7-3-14(20)4-8-16;1-2/h1-12H;1-2H3. The van der Waals surface area contributed by atoms with Crippen LogP contribution in [0.1, 0.15) is 25.4 Å². The Morgan fingerprint density at radius 3 is 1.68 bits per heavy atom. The predicted molar refractivity (Wildman–Crippen MR) is 102 cm³/mol. The average Bonchev–Trinajstić information content (AvgIpc) is 3.10. The third kappa shape index (κ3) is 6.01. The molecule has 0 aliphatic heterocycles. The number of nitrogens with zero attached hydrogens (tertiary/aromatic N) is 2. The fraction of sp³-hybridized carbons (Fsp3) is 0.100. The van der Waals surface area contributed by atoms with Gasteiger partial charge in [0.05, 0.1) is 23.8 Å². The molecular weight excluding hydrogens is 339 g/mol. The number of benzene rings is 2. The summed E-state index contributed by atoms with van der Waals surface area (Å²) in [6.45, 7) is 4.00. The fourth-order valence-corrected chi connectivity index (χ4v) is 1.96. The molecule has 0 N–H and O–H groups in total. The summed E-state index contributed by atoms with van der Waals surface area (Å²) in [6.07, 6.45) is 3.20. The van der Waals surface area contributed by atoms with Crippen molar-refractivity contribution in [3.8, 4) is 0 Å². The molecule has 0 bridgehead atoms. The van der Waals surface area contributed by atoms with Crippen molar-refractivity contribution in [2.45, 2.75) is 13.8 Å². The van der Waals surface area contributed by atoms with Crippen LogP contribution < -0.4 is 0 Å². The molecule has 128 valence electrons. The van der Waals surface area contributed by atoms with Gasteiger partial charge >= 0.3 is 0 Å². The van der Waals surface area contributed by atoms with Gasteiger partial charge in [-0.2, -0.15) is 0 Å². The maximum Gasteiger partial charge on any atom is 0.145 e. The van der Waals surface area contributed by atoms with Crippen LogP contribution in [-0.4, -0.2) is 12.4 Å². The first-order chi connectivity index (χ1) is 12.2. The van der Waals surface area contributed by atoms with Crippen molar-refractivity contribution in [2.24, 2.45) is 9.98 Å². The van der Waals surface area contributed by atoms with Crippen molar-refractivity contribution >= 4 is 35.4 Å². The van der Waals surface area contributed by atoms with Gasteiger partial charge in [-0.1, -0.05) is 25.4 Å². The van der Waals surface area contributed by atoms with Crippen LogP contribution in [0.5, 0.6) is 0 Å². The van der Waals surface area contributed by atoms with Crippen LogP contribution in [0.25, 0.3) is 0 Å². The molecule has 0 fully saturated rings.